The smallest absolute Gasteiger partial charge is 0.0693 e. The second-order valence-electron chi connectivity index (χ2n) is 5.00. The fourth-order valence-corrected chi connectivity index (χ4v) is 3.49. The normalized spacial score (nSPS) is 27.0. The molecular formula is C14H23NOS. The highest BCUT2D eigenvalue weighted by atomic mass is 32.1. The average Bonchev–Trinajstić information content (AvgIpc) is 2.81. The van der Waals surface area contributed by atoms with Gasteiger partial charge >= 0.3 is 0 Å². The third-order valence-electron chi connectivity index (χ3n) is 3.65. The molecule has 0 radical (unpaired) electrons. The molecule has 2 rings (SSSR count). The summed E-state index contributed by atoms with van der Waals surface area (Å²) in [6.07, 6.45) is 5.44. The van der Waals surface area contributed by atoms with E-state index in [9.17, 15) is 5.11 Å². The fourth-order valence-electron chi connectivity index (χ4n) is 2.53. The largest absolute Gasteiger partial charge is 0.392 e. The van der Waals surface area contributed by atoms with Crippen LogP contribution in [0.15, 0.2) is 12.1 Å². The van der Waals surface area contributed by atoms with E-state index in [0.717, 1.165) is 19.3 Å². The van der Waals surface area contributed by atoms with E-state index < -0.39 is 0 Å². The minimum absolute atomic E-state index is 0.156. The number of aliphatic hydroxyl groups excluding tert-OH is 1. The number of rotatable bonds is 4. The molecule has 96 valence electrons. The molecule has 1 aliphatic rings. The molecule has 0 bridgehead atoms. The lowest BCUT2D eigenvalue weighted by molar-refractivity contribution is 0.0862. The molecule has 1 aliphatic carbocycles. The maximum absolute atomic E-state index is 9.96. The van der Waals surface area contributed by atoms with Gasteiger partial charge in [-0.3, -0.25) is 0 Å². The number of aliphatic hydroxyl groups is 1. The molecule has 1 heterocycles. The average molecular weight is 253 g/mol. The SMILES string of the molecule is CCc1ccc(C(C)NC2CCCCC2O)s1. The van der Waals surface area contributed by atoms with Gasteiger partial charge in [0.25, 0.3) is 0 Å². The molecule has 3 unspecified atom stereocenters. The van der Waals surface area contributed by atoms with E-state index in [1.54, 1.807) is 0 Å². The minimum Gasteiger partial charge on any atom is -0.392 e. The van der Waals surface area contributed by atoms with Crippen LogP contribution in [-0.4, -0.2) is 17.3 Å². The van der Waals surface area contributed by atoms with Crippen LogP contribution in [0, 0.1) is 0 Å². The Labute approximate surface area is 108 Å². The highest BCUT2D eigenvalue weighted by Crippen LogP contribution is 2.26. The number of aryl methyl sites for hydroxylation is 1. The van der Waals surface area contributed by atoms with E-state index >= 15 is 0 Å². The van der Waals surface area contributed by atoms with E-state index in [-0.39, 0.29) is 12.1 Å². The first kappa shape index (κ1) is 13.1. The van der Waals surface area contributed by atoms with E-state index in [1.165, 1.54) is 22.6 Å². The van der Waals surface area contributed by atoms with E-state index in [4.69, 9.17) is 0 Å². The van der Waals surface area contributed by atoms with Crippen LogP contribution >= 0.6 is 11.3 Å². The molecule has 0 saturated heterocycles. The van der Waals surface area contributed by atoms with Crippen molar-refractivity contribution < 1.29 is 5.11 Å². The van der Waals surface area contributed by atoms with Crippen LogP contribution in [-0.2, 0) is 6.42 Å². The molecule has 2 nitrogen and oxygen atoms in total. The molecule has 2 N–H and O–H groups in total. The van der Waals surface area contributed by atoms with Gasteiger partial charge in [0.2, 0.25) is 0 Å². The first-order valence-corrected chi connectivity index (χ1v) is 7.55. The Morgan fingerprint density at radius 3 is 2.82 bits per heavy atom. The summed E-state index contributed by atoms with van der Waals surface area (Å²) < 4.78 is 0. The monoisotopic (exact) mass is 253 g/mol. The standard InChI is InChI=1S/C14H23NOS/c1-3-11-8-9-14(17-11)10(2)15-12-6-4-5-7-13(12)16/h8-10,12-13,15-16H,3-7H2,1-2H3. The summed E-state index contributed by atoms with van der Waals surface area (Å²) in [5, 5.41) is 13.5. The van der Waals surface area contributed by atoms with Crippen LogP contribution in [0.25, 0.3) is 0 Å². The molecule has 3 heteroatoms. The van der Waals surface area contributed by atoms with Crippen molar-refractivity contribution in [3.8, 4) is 0 Å². The number of hydrogen-bond donors (Lipinski definition) is 2. The zero-order valence-corrected chi connectivity index (χ0v) is 11.6. The van der Waals surface area contributed by atoms with Gasteiger partial charge in [-0.25, -0.2) is 0 Å². The fraction of sp³-hybridized carbons (Fsp3) is 0.714. The van der Waals surface area contributed by atoms with Crippen LogP contribution in [0.1, 0.15) is 55.3 Å². The Hall–Kier alpha value is -0.380. The van der Waals surface area contributed by atoms with Crippen LogP contribution in [0.5, 0.6) is 0 Å². The van der Waals surface area contributed by atoms with E-state index in [2.05, 4.69) is 31.3 Å². The lowest BCUT2D eigenvalue weighted by Gasteiger charge is -2.30. The summed E-state index contributed by atoms with van der Waals surface area (Å²) in [6, 6.07) is 5.08. The third-order valence-corrected chi connectivity index (χ3v) is 5.06. The summed E-state index contributed by atoms with van der Waals surface area (Å²) in [6.45, 7) is 4.39. The molecule has 1 saturated carbocycles. The zero-order chi connectivity index (χ0) is 12.3. The molecule has 1 aromatic heterocycles. The van der Waals surface area contributed by atoms with Crippen molar-refractivity contribution in [2.24, 2.45) is 0 Å². The highest BCUT2D eigenvalue weighted by Gasteiger charge is 2.24. The minimum atomic E-state index is -0.156. The molecule has 17 heavy (non-hydrogen) atoms. The van der Waals surface area contributed by atoms with Crippen LogP contribution in [0.4, 0.5) is 0 Å². The highest BCUT2D eigenvalue weighted by molar-refractivity contribution is 7.12. The van der Waals surface area contributed by atoms with Crippen molar-refractivity contribution in [2.45, 2.75) is 64.1 Å². The molecular weight excluding hydrogens is 230 g/mol. The van der Waals surface area contributed by atoms with Crippen LogP contribution < -0.4 is 5.32 Å². The van der Waals surface area contributed by atoms with Crippen molar-refractivity contribution in [3.63, 3.8) is 0 Å². The molecule has 3 atom stereocenters. The van der Waals surface area contributed by atoms with Crippen molar-refractivity contribution in [3.05, 3.63) is 21.9 Å². The number of hydrogen-bond acceptors (Lipinski definition) is 3. The summed E-state index contributed by atoms with van der Waals surface area (Å²) in [5.41, 5.74) is 0. The summed E-state index contributed by atoms with van der Waals surface area (Å²) in [7, 11) is 0. The van der Waals surface area contributed by atoms with Crippen molar-refractivity contribution in [2.75, 3.05) is 0 Å². The first-order chi connectivity index (χ1) is 8.20. The summed E-state index contributed by atoms with van der Waals surface area (Å²) in [5.74, 6) is 0. The second-order valence-corrected chi connectivity index (χ2v) is 6.20. The number of thiophene rings is 1. The van der Waals surface area contributed by atoms with E-state index in [1.807, 2.05) is 11.3 Å². The van der Waals surface area contributed by atoms with Gasteiger partial charge in [0.15, 0.2) is 0 Å². The third kappa shape index (κ3) is 3.30. The zero-order valence-electron chi connectivity index (χ0n) is 10.8. The second kappa shape index (κ2) is 5.98. The lowest BCUT2D eigenvalue weighted by atomic mass is 9.92. The van der Waals surface area contributed by atoms with Gasteiger partial charge in [0.1, 0.15) is 0 Å². The molecule has 0 aliphatic heterocycles. The Morgan fingerprint density at radius 2 is 2.18 bits per heavy atom. The maximum atomic E-state index is 9.96. The van der Waals surface area contributed by atoms with Gasteiger partial charge in [-0.1, -0.05) is 19.8 Å². The van der Waals surface area contributed by atoms with Crippen LogP contribution in [0.2, 0.25) is 0 Å². The van der Waals surface area contributed by atoms with Gasteiger partial charge in [-0.15, -0.1) is 11.3 Å². The number of nitrogens with one attached hydrogen (secondary N) is 1. The summed E-state index contributed by atoms with van der Waals surface area (Å²) in [4.78, 5) is 2.83. The van der Waals surface area contributed by atoms with Crippen molar-refractivity contribution >= 4 is 11.3 Å². The van der Waals surface area contributed by atoms with Crippen LogP contribution in [0.3, 0.4) is 0 Å². The Kier molecular flexibility index (Phi) is 4.60. The van der Waals surface area contributed by atoms with Gasteiger partial charge in [0, 0.05) is 21.8 Å². The Balaban J connectivity index is 1.93. The van der Waals surface area contributed by atoms with Gasteiger partial charge < -0.3 is 10.4 Å². The Bertz CT molecular complexity index is 350. The predicted octanol–water partition coefficient (Wildman–Crippen LogP) is 3.26. The first-order valence-electron chi connectivity index (χ1n) is 6.73. The molecule has 0 spiro atoms. The van der Waals surface area contributed by atoms with Crippen molar-refractivity contribution in [1.82, 2.24) is 5.32 Å². The van der Waals surface area contributed by atoms with Gasteiger partial charge in [0.05, 0.1) is 6.10 Å². The topological polar surface area (TPSA) is 32.3 Å². The molecule has 1 aromatic rings. The predicted molar refractivity (Wildman–Crippen MR) is 73.5 cm³/mol. The lowest BCUT2D eigenvalue weighted by Crippen LogP contribution is -2.42. The quantitative estimate of drug-likeness (QED) is 0.863. The van der Waals surface area contributed by atoms with Crippen molar-refractivity contribution in [1.29, 1.82) is 0 Å². The van der Waals surface area contributed by atoms with E-state index in [0.29, 0.717) is 6.04 Å². The summed E-state index contributed by atoms with van der Waals surface area (Å²) >= 11 is 1.89. The van der Waals surface area contributed by atoms with Gasteiger partial charge in [-0.2, -0.15) is 0 Å². The molecule has 0 amide bonds. The Morgan fingerprint density at radius 1 is 1.41 bits per heavy atom. The maximum Gasteiger partial charge on any atom is 0.0693 e. The van der Waals surface area contributed by atoms with Gasteiger partial charge in [-0.05, 0) is 38.3 Å². The molecule has 1 fully saturated rings. The molecule has 0 aromatic carbocycles.